The van der Waals surface area contributed by atoms with Crippen LogP contribution in [0.3, 0.4) is 0 Å². The molecule has 8 nitrogen and oxygen atoms in total. The SMILES string of the molecule is Cc1sc(Br)nc1Cn1cc(C2CCN(C(=O)c3nn(-c4cc(F)cc(F)c4)c4c3CCC4)C(C)C2)nn1. The lowest BCUT2D eigenvalue weighted by Crippen LogP contribution is -2.44. The van der Waals surface area contributed by atoms with Crippen LogP contribution in [0.2, 0.25) is 0 Å². The Morgan fingerprint density at radius 2 is 2.00 bits per heavy atom. The molecule has 2 atom stereocenters. The highest BCUT2D eigenvalue weighted by Crippen LogP contribution is 2.34. The van der Waals surface area contributed by atoms with Crippen LogP contribution in [0.25, 0.3) is 5.69 Å². The number of piperidine rings is 1. The van der Waals surface area contributed by atoms with Gasteiger partial charge in [-0.15, -0.1) is 16.4 Å². The smallest absolute Gasteiger partial charge is 0.274 e. The molecule has 198 valence electrons. The van der Waals surface area contributed by atoms with E-state index in [1.165, 1.54) is 12.1 Å². The molecule has 1 aliphatic heterocycles. The number of aromatic nitrogens is 6. The maximum absolute atomic E-state index is 13.9. The van der Waals surface area contributed by atoms with Crippen LogP contribution in [0.15, 0.2) is 28.3 Å². The van der Waals surface area contributed by atoms with Crippen molar-refractivity contribution in [3.8, 4) is 5.69 Å². The van der Waals surface area contributed by atoms with Crippen LogP contribution in [0.1, 0.15) is 70.1 Å². The van der Waals surface area contributed by atoms with Crippen molar-refractivity contribution in [2.75, 3.05) is 6.54 Å². The summed E-state index contributed by atoms with van der Waals surface area (Å²) in [4.78, 5) is 21.2. The van der Waals surface area contributed by atoms with Gasteiger partial charge in [0.05, 0.1) is 23.6 Å². The van der Waals surface area contributed by atoms with Gasteiger partial charge < -0.3 is 4.90 Å². The number of hydrogen-bond acceptors (Lipinski definition) is 6. The molecule has 0 radical (unpaired) electrons. The van der Waals surface area contributed by atoms with Crippen LogP contribution in [-0.4, -0.2) is 53.2 Å². The third-order valence-electron chi connectivity index (χ3n) is 7.51. The highest BCUT2D eigenvalue weighted by atomic mass is 79.9. The zero-order chi connectivity index (χ0) is 26.6. The van der Waals surface area contributed by atoms with Crippen molar-refractivity contribution in [1.29, 1.82) is 0 Å². The minimum absolute atomic E-state index is 0.0167. The summed E-state index contributed by atoms with van der Waals surface area (Å²) in [5.74, 6) is -1.27. The number of benzene rings is 1. The van der Waals surface area contributed by atoms with E-state index in [2.05, 4.69) is 36.3 Å². The fourth-order valence-electron chi connectivity index (χ4n) is 5.63. The normalized spacial score (nSPS) is 19.2. The van der Waals surface area contributed by atoms with Crippen LogP contribution < -0.4 is 0 Å². The first-order chi connectivity index (χ1) is 18.3. The Labute approximate surface area is 230 Å². The molecule has 1 aliphatic carbocycles. The number of hydrogen-bond donors (Lipinski definition) is 0. The topological polar surface area (TPSA) is 81.7 Å². The lowest BCUT2D eigenvalue weighted by atomic mass is 9.89. The van der Waals surface area contributed by atoms with Crippen molar-refractivity contribution in [1.82, 2.24) is 34.7 Å². The number of likely N-dealkylation sites (tertiary alicyclic amines) is 1. The lowest BCUT2D eigenvalue weighted by molar-refractivity contribution is 0.0607. The summed E-state index contributed by atoms with van der Waals surface area (Å²) in [7, 11) is 0. The number of aryl methyl sites for hydroxylation is 1. The molecule has 3 aromatic heterocycles. The summed E-state index contributed by atoms with van der Waals surface area (Å²) in [6.45, 7) is 5.23. The summed E-state index contributed by atoms with van der Waals surface area (Å²) in [6.07, 6.45) is 5.86. The zero-order valence-electron chi connectivity index (χ0n) is 21.0. The largest absolute Gasteiger partial charge is 0.334 e. The van der Waals surface area contributed by atoms with E-state index in [0.717, 1.165) is 69.6 Å². The number of fused-ring (bicyclic) bond motifs is 1. The van der Waals surface area contributed by atoms with E-state index in [4.69, 9.17) is 0 Å². The molecule has 2 aliphatic rings. The number of thiazole rings is 1. The van der Waals surface area contributed by atoms with Gasteiger partial charge >= 0.3 is 0 Å². The average molecular weight is 603 g/mol. The van der Waals surface area contributed by atoms with Gasteiger partial charge in [0.15, 0.2) is 9.61 Å². The highest BCUT2D eigenvalue weighted by molar-refractivity contribution is 9.11. The van der Waals surface area contributed by atoms with E-state index in [1.54, 1.807) is 16.0 Å². The van der Waals surface area contributed by atoms with Crippen molar-refractivity contribution in [3.05, 3.63) is 73.2 Å². The molecular formula is C26H26BrF2N7OS. The van der Waals surface area contributed by atoms with E-state index >= 15 is 0 Å². The molecule has 4 heterocycles. The molecule has 1 amide bonds. The van der Waals surface area contributed by atoms with E-state index in [1.807, 2.05) is 29.6 Å². The predicted molar refractivity (Wildman–Crippen MR) is 142 cm³/mol. The highest BCUT2D eigenvalue weighted by Gasteiger charge is 2.35. The van der Waals surface area contributed by atoms with Crippen LogP contribution in [0.4, 0.5) is 8.78 Å². The standard InChI is InChI=1S/C26H26BrF2N7OS/c1-14-8-16(22-13-34(33-31-22)12-21-15(2)38-26(27)30-21)6-7-35(14)25(37)24-20-4-3-5-23(20)36(32-24)19-10-17(28)9-18(29)11-19/h9-11,13-14,16H,3-8,12H2,1-2H3. The van der Waals surface area contributed by atoms with Gasteiger partial charge in [0, 0.05) is 46.9 Å². The fraction of sp³-hybridized carbons (Fsp3) is 0.423. The lowest BCUT2D eigenvalue weighted by Gasteiger charge is -2.36. The number of nitrogens with zero attached hydrogens (tertiary/aromatic N) is 7. The Balaban J connectivity index is 1.18. The fourth-order valence-corrected chi connectivity index (χ4v) is 7.21. The second-order valence-electron chi connectivity index (χ2n) is 10.0. The predicted octanol–water partition coefficient (Wildman–Crippen LogP) is 5.21. The van der Waals surface area contributed by atoms with Gasteiger partial charge in [-0.2, -0.15) is 5.10 Å². The van der Waals surface area contributed by atoms with Crippen LogP contribution in [-0.2, 0) is 19.4 Å². The average Bonchev–Trinajstić information content (AvgIpc) is 3.64. The number of halogens is 3. The first kappa shape index (κ1) is 25.3. The third-order valence-corrected chi connectivity index (χ3v) is 8.98. The summed E-state index contributed by atoms with van der Waals surface area (Å²) >= 11 is 5.03. The van der Waals surface area contributed by atoms with E-state index in [9.17, 15) is 13.6 Å². The summed E-state index contributed by atoms with van der Waals surface area (Å²) in [6, 6.07) is 3.32. The number of rotatable bonds is 5. The second kappa shape index (κ2) is 9.96. The molecule has 1 fully saturated rings. The van der Waals surface area contributed by atoms with Gasteiger partial charge in [-0.1, -0.05) is 5.21 Å². The van der Waals surface area contributed by atoms with Crippen molar-refractivity contribution >= 4 is 33.2 Å². The summed E-state index contributed by atoms with van der Waals surface area (Å²) in [5.41, 5.74) is 4.34. The van der Waals surface area contributed by atoms with Gasteiger partial charge in [-0.05, 0) is 74.0 Å². The third kappa shape index (κ3) is 4.68. The number of carbonyl (C=O) groups is 1. The Morgan fingerprint density at radius 3 is 2.71 bits per heavy atom. The Bertz CT molecular complexity index is 1510. The van der Waals surface area contributed by atoms with E-state index < -0.39 is 11.6 Å². The molecule has 0 N–H and O–H groups in total. The van der Waals surface area contributed by atoms with Crippen LogP contribution >= 0.6 is 27.3 Å². The minimum atomic E-state index is -0.669. The first-order valence-corrected chi connectivity index (χ1v) is 14.3. The van der Waals surface area contributed by atoms with Gasteiger partial charge in [-0.25, -0.2) is 23.1 Å². The monoisotopic (exact) mass is 601 g/mol. The Morgan fingerprint density at radius 1 is 1.21 bits per heavy atom. The summed E-state index contributed by atoms with van der Waals surface area (Å²) < 4.78 is 32.0. The molecular weight excluding hydrogens is 576 g/mol. The zero-order valence-corrected chi connectivity index (χ0v) is 23.4. The first-order valence-electron chi connectivity index (χ1n) is 12.7. The van der Waals surface area contributed by atoms with Crippen molar-refractivity contribution in [2.24, 2.45) is 0 Å². The number of carbonyl (C=O) groups excluding carboxylic acids is 1. The quantitative estimate of drug-likeness (QED) is 0.313. The second-order valence-corrected chi connectivity index (χ2v) is 12.5. The van der Waals surface area contributed by atoms with Gasteiger partial charge in [0.2, 0.25) is 0 Å². The van der Waals surface area contributed by atoms with Crippen molar-refractivity contribution in [2.45, 2.75) is 64.5 Å². The van der Waals surface area contributed by atoms with Gasteiger partial charge in [-0.3, -0.25) is 4.79 Å². The Kier molecular flexibility index (Phi) is 6.63. The summed E-state index contributed by atoms with van der Waals surface area (Å²) in [5, 5.41) is 13.3. The van der Waals surface area contributed by atoms with Gasteiger partial charge in [0.25, 0.3) is 5.91 Å². The molecule has 12 heteroatoms. The molecule has 0 bridgehead atoms. The molecule has 1 aromatic carbocycles. The molecule has 4 aromatic rings. The van der Waals surface area contributed by atoms with Crippen LogP contribution in [0.5, 0.6) is 0 Å². The van der Waals surface area contributed by atoms with E-state index in [0.29, 0.717) is 24.5 Å². The molecule has 38 heavy (non-hydrogen) atoms. The minimum Gasteiger partial charge on any atom is -0.334 e. The maximum atomic E-state index is 13.9. The van der Waals surface area contributed by atoms with Crippen molar-refractivity contribution in [3.63, 3.8) is 0 Å². The van der Waals surface area contributed by atoms with Gasteiger partial charge in [0.1, 0.15) is 11.6 Å². The molecule has 0 saturated carbocycles. The van der Waals surface area contributed by atoms with E-state index in [-0.39, 0.29) is 17.9 Å². The Hall–Kier alpha value is -2.99. The van der Waals surface area contributed by atoms with Crippen molar-refractivity contribution < 1.29 is 13.6 Å². The molecule has 0 spiro atoms. The molecule has 2 unspecified atom stereocenters. The molecule has 6 rings (SSSR count). The molecule has 1 saturated heterocycles. The maximum Gasteiger partial charge on any atom is 0.274 e. The number of amides is 1. The van der Waals surface area contributed by atoms with Crippen LogP contribution in [0, 0.1) is 18.6 Å².